The Hall–Kier alpha value is -1.28. The SMILES string of the molecule is COCCN(C=O)c1ccc(CNS(=O)O)cc1C. The number of nitrogens with one attached hydrogen (secondary N) is 1. The minimum Gasteiger partial charge on any atom is -0.383 e. The van der Waals surface area contributed by atoms with Crippen LogP contribution in [0.5, 0.6) is 0 Å². The number of amides is 1. The molecule has 7 heteroatoms. The van der Waals surface area contributed by atoms with Crippen LogP contribution in [-0.4, -0.2) is 35.4 Å². The maximum absolute atomic E-state index is 11.0. The lowest BCUT2D eigenvalue weighted by Crippen LogP contribution is -2.26. The zero-order valence-electron chi connectivity index (χ0n) is 11.0. The largest absolute Gasteiger partial charge is 0.383 e. The van der Waals surface area contributed by atoms with Crippen molar-refractivity contribution in [3.8, 4) is 0 Å². The van der Waals surface area contributed by atoms with Gasteiger partial charge in [-0.1, -0.05) is 12.1 Å². The van der Waals surface area contributed by atoms with Crippen molar-refractivity contribution in [2.24, 2.45) is 0 Å². The maximum Gasteiger partial charge on any atom is 0.232 e. The first-order valence-electron chi connectivity index (χ1n) is 5.73. The lowest BCUT2D eigenvalue weighted by molar-refractivity contribution is -0.107. The van der Waals surface area contributed by atoms with E-state index in [4.69, 9.17) is 9.29 Å². The molecule has 1 aromatic carbocycles. The number of nitrogens with zero attached hydrogens (tertiary/aromatic N) is 1. The van der Waals surface area contributed by atoms with Gasteiger partial charge in [0.15, 0.2) is 0 Å². The van der Waals surface area contributed by atoms with Crippen LogP contribution in [0.3, 0.4) is 0 Å². The van der Waals surface area contributed by atoms with Gasteiger partial charge in [-0.05, 0) is 24.1 Å². The van der Waals surface area contributed by atoms with Crippen LogP contribution in [0.15, 0.2) is 18.2 Å². The zero-order valence-corrected chi connectivity index (χ0v) is 11.8. The number of ether oxygens (including phenoxy) is 1. The van der Waals surface area contributed by atoms with E-state index < -0.39 is 11.3 Å². The number of aryl methyl sites for hydroxylation is 1. The van der Waals surface area contributed by atoms with Crippen LogP contribution in [0.1, 0.15) is 11.1 Å². The third-order valence-corrected chi connectivity index (χ3v) is 3.03. The van der Waals surface area contributed by atoms with Crippen molar-refractivity contribution in [2.75, 3.05) is 25.2 Å². The highest BCUT2D eigenvalue weighted by Crippen LogP contribution is 2.20. The van der Waals surface area contributed by atoms with Crippen molar-refractivity contribution in [2.45, 2.75) is 13.5 Å². The van der Waals surface area contributed by atoms with E-state index in [0.717, 1.165) is 23.2 Å². The Kier molecular flexibility index (Phi) is 6.65. The van der Waals surface area contributed by atoms with E-state index >= 15 is 0 Å². The van der Waals surface area contributed by atoms with Crippen molar-refractivity contribution in [1.29, 1.82) is 0 Å². The van der Waals surface area contributed by atoms with Gasteiger partial charge >= 0.3 is 0 Å². The molecule has 1 aromatic rings. The molecule has 1 rings (SSSR count). The number of anilines is 1. The number of rotatable bonds is 8. The van der Waals surface area contributed by atoms with Gasteiger partial charge in [0.05, 0.1) is 6.61 Å². The quantitative estimate of drug-likeness (QED) is 0.548. The molecule has 1 atom stereocenters. The summed E-state index contributed by atoms with van der Waals surface area (Å²) in [6.07, 6.45) is 0.766. The highest BCUT2D eigenvalue weighted by molar-refractivity contribution is 7.77. The van der Waals surface area contributed by atoms with Crippen LogP contribution in [0.25, 0.3) is 0 Å². The van der Waals surface area contributed by atoms with E-state index in [-0.39, 0.29) is 0 Å². The molecule has 6 nitrogen and oxygen atoms in total. The summed E-state index contributed by atoms with van der Waals surface area (Å²) < 4.78 is 26.5. The van der Waals surface area contributed by atoms with Gasteiger partial charge in [-0.15, -0.1) is 0 Å². The molecule has 0 aliphatic heterocycles. The summed E-state index contributed by atoms with van der Waals surface area (Å²) >= 11 is -2.03. The van der Waals surface area contributed by atoms with Gasteiger partial charge in [-0.3, -0.25) is 9.35 Å². The number of carbonyl (C=O) groups excluding carboxylic acids is 1. The predicted octanol–water partition coefficient (Wildman–Crippen LogP) is 0.831. The summed E-state index contributed by atoms with van der Waals surface area (Å²) in [5.74, 6) is 0. The normalized spacial score (nSPS) is 12.2. The second-order valence-corrected chi connectivity index (χ2v) is 4.77. The molecule has 0 bridgehead atoms. The summed E-state index contributed by atoms with van der Waals surface area (Å²) in [5.41, 5.74) is 2.60. The van der Waals surface area contributed by atoms with E-state index in [0.29, 0.717) is 19.7 Å². The number of carbonyl (C=O) groups is 1. The zero-order chi connectivity index (χ0) is 14.3. The van der Waals surface area contributed by atoms with E-state index in [1.165, 1.54) is 0 Å². The lowest BCUT2D eigenvalue weighted by atomic mass is 10.1. The van der Waals surface area contributed by atoms with Crippen LogP contribution < -0.4 is 9.62 Å². The second kappa shape index (κ2) is 8.00. The first kappa shape index (κ1) is 15.8. The topological polar surface area (TPSA) is 78.9 Å². The highest BCUT2D eigenvalue weighted by Gasteiger charge is 2.08. The maximum atomic E-state index is 11.0. The van der Waals surface area contributed by atoms with Crippen molar-refractivity contribution >= 4 is 23.4 Å². The fourth-order valence-corrected chi connectivity index (χ4v) is 2.00. The minimum atomic E-state index is -2.03. The number of hydrogen-bond acceptors (Lipinski definition) is 3. The molecule has 2 N–H and O–H groups in total. The Morgan fingerprint density at radius 1 is 1.53 bits per heavy atom. The summed E-state index contributed by atoms with van der Waals surface area (Å²) in [6.45, 7) is 3.13. The molecule has 19 heavy (non-hydrogen) atoms. The van der Waals surface area contributed by atoms with E-state index in [9.17, 15) is 9.00 Å². The van der Waals surface area contributed by atoms with E-state index in [2.05, 4.69) is 4.72 Å². The van der Waals surface area contributed by atoms with Gasteiger partial charge in [-0.2, -0.15) is 0 Å². The Morgan fingerprint density at radius 2 is 2.26 bits per heavy atom. The molecule has 0 saturated carbocycles. The molecule has 0 aliphatic carbocycles. The average Bonchev–Trinajstić information content (AvgIpc) is 2.39. The first-order valence-corrected chi connectivity index (χ1v) is 6.84. The van der Waals surface area contributed by atoms with E-state index in [1.807, 2.05) is 25.1 Å². The van der Waals surface area contributed by atoms with Crippen LogP contribution >= 0.6 is 0 Å². The smallest absolute Gasteiger partial charge is 0.232 e. The molecule has 0 spiro atoms. The molecular formula is C12H18N2O4S. The van der Waals surface area contributed by atoms with Gasteiger partial charge in [-0.25, -0.2) is 8.93 Å². The molecule has 0 saturated heterocycles. The average molecular weight is 286 g/mol. The molecule has 106 valence electrons. The Balaban J connectivity index is 2.80. The third kappa shape index (κ3) is 5.07. The van der Waals surface area contributed by atoms with Crippen molar-refractivity contribution in [3.05, 3.63) is 29.3 Å². The molecule has 1 unspecified atom stereocenters. The van der Waals surface area contributed by atoms with Crippen LogP contribution in [0, 0.1) is 6.92 Å². The number of methoxy groups -OCH3 is 1. The molecular weight excluding hydrogens is 268 g/mol. The Labute approximate surface area is 115 Å². The van der Waals surface area contributed by atoms with Crippen LogP contribution in [0.4, 0.5) is 5.69 Å². The molecule has 0 heterocycles. The van der Waals surface area contributed by atoms with Crippen molar-refractivity contribution in [1.82, 2.24) is 4.72 Å². The molecule has 0 aromatic heterocycles. The van der Waals surface area contributed by atoms with Crippen LogP contribution in [0.2, 0.25) is 0 Å². The van der Waals surface area contributed by atoms with E-state index in [1.54, 1.807) is 12.0 Å². The molecule has 0 fully saturated rings. The molecule has 0 radical (unpaired) electrons. The third-order valence-electron chi connectivity index (χ3n) is 2.63. The number of benzene rings is 1. The fourth-order valence-electron chi connectivity index (χ4n) is 1.71. The fraction of sp³-hybridized carbons (Fsp3) is 0.417. The minimum absolute atomic E-state index is 0.295. The first-order chi connectivity index (χ1) is 9.08. The highest BCUT2D eigenvalue weighted by atomic mass is 32.2. The van der Waals surface area contributed by atoms with Crippen molar-refractivity contribution < 1.29 is 18.3 Å². The van der Waals surface area contributed by atoms with Gasteiger partial charge in [0.1, 0.15) is 0 Å². The molecule has 1 amide bonds. The predicted molar refractivity (Wildman–Crippen MR) is 74.1 cm³/mol. The monoisotopic (exact) mass is 286 g/mol. The summed E-state index contributed by atoms with van der Waals surface area (Å²) in [6, 6.07) is 5.50. The van der Waals surface area contributed by atoms with Gasteiger partial charge in [0.25, 0.3) is 0 Å². The van der Waals surface area contributed by atoms with Gasteiger partial charge < -0.3 is 9.64 Å². The Morgan fingerprint density at radius 3 is 2.79 bits per heavy atom. The van der Waals surface area contributed by atoms with Crippen LogP contribution in [-0.2, 0) is 27.3 Å². The van der Waals surface area contributed by atoms with Gasteiger partial charge in [0.2, 0.25) is 17.7 Å². The summed E-state index contributed by atoms with van der Waals surface area (Å²) in [5, 5.41) is 0. The second-order valence-electron chi connectivity index (χ2n) is 3.98. The lowest BCUT2D eigenvalue weighted by Gasteiger charge is -2.19. The molecule has 0 aliphatic rings. The number of hydrogen-bond donors (Lipinski definition) is 2. The Bertz CT molecular complexity index is 453. The van der Waals surface area contributed by atoms with Crippen molar-refractivity contribution in [3.63, 3.8) is 0 Å². The standard InChI is InChI=1S/C12H18N2O4S/c1-10-7-11(8-13-19(16)17)3-4-12(10)14(9-15)5-6-18-2/h3-4,7,9,13H,5-6,8H2,1-2H3,(H,16,17). The summed E-state index contributed by atoms with van der Waals surface area (Å²) in [4.78, 5) is 12.6. The van der Waals surface area contributed by atoms with Gasteiger partial charge in [0, 0.05) is 25.9 Å². The summed E-state index contributed by atoms with van der Waals surface area (Å²) in [7, 11) is 1.58.